The van der Waals surface area contributed by atoms with Crippen molar-refractivity contribution in [3.8, 4) is 0 Å². The number of aromatic amines is 1. The van der Waals surface area contributed by atoms with E-state index in [-0.39, 0.29) is 11.5 Å². The third-order valence-electron chi connectivity index (χ3n) is 1.72. The number of fused-ring (bicyclic) bond motifs is 1. The lowest BCUT2D eigenvalue weighted by Gasteiger charge is -1.99. The minimum atomic E-state index is -0.276. The number of hydrogen-bond donors (Lipinski definition) is 3. The first-order chi connectivity index (χ1) is 6.31. The molecule has 0 aliphatic carbocycles. The number of aromatic nitrogens is 2. The highest BCUT2D eigenvalue weighted by molar-refractivity contribution is 5.78. The van der Waals surface area contributed by atoms with Gasteiger partial charge in [-0.05, 0) is 12.1 Å². The predicted octanol–water partition coefficient (Wildman–Crippen LogP) is 0.724. The Labute approximate surface area is 73.0 Å². The Morgan fingerprint density at radius 3 is 2.92 bits per heavy atom. The van der Waals surface area contributed by atoms with Crippen molar-refractivity contribution in [1.82, 2.24) is 9.97 Å². The molecule has 3 N–H and O–H groups in total. The number of nitrogens with zero attached hydrogens (tertiary/aromatic N) is 1. The molecule has 0 atom stereocenters. The third kappa shape index (κ3) is 1.25. The highest BCUT2D eigenvalue weighted by Gasteiger charge is 2.00. The zero-order valence-corrected chi connectivity index (χ0v) is 6.61. The highest BCUT2D eigenvalue weighted by Crippen LogP contribution is 2.06. The lowest BCUT2D eigenvalue weighted by atomic mass is 10.2. The maximum absolute atomic E-state index is 11.3. The van der Waals surface area contributed by atoms with Gasteiger partial charge in [0.15, 0.2) is 0 Å². The number of H-pyrrole nitrogens is 1. The fourth-order valence-electron chi connectivity index (χ4n) is 1.14. The van der Waals surface area contributed by atoms with E-state index in [0.717, 1.165) is 0 Å². The molecule has 13 heavy (non-hydrogen) atoms. The first-order valence-corrected chi connectivity index (χ1v) is 3.70. The molecule has 0 spiro atoms. The molecule has 5 heteroatoms. The predicted molar refractivity (Wildman–Crippen MR) is 47.8 cm³/mol. The molecule has 2 rings (SSSR count). The summed E-state index contributed by atoms with van der Waals surface area (Å²) >= 11 is 0. The summed E-state index contributed by atoms with van der Waals surface area (Å²) in [6, 6.07) is 6.90. The van der Waals surface area contributed by atoms with Crippen LogP contribution in [0.2, 0.25) is 0 Å². The van der Waals surface area contributed by atoms with E-state index in [9.17, 15) is 4.79 Å². The minimum Gasteiger partial charge on any atom is -0.290 e. The molecular formula is C8H7N3O2. The van der Waals surface area contributed by atoms with E-state index in [4.69, 9.17) is 5.21 Å². The Kier molecular flexibility index (Phi) is 1.71. The molecule has 0 aliphatic heterocycles. The van der Waals surface area contributed by atoms with Crippen molar-refractivity contribution in [1.29, 1.82) is 0 Å². The van der Waals surface area contributed by atoms with Crippen molar-refractivity contribution < 1.29 is 5.21 Å². The molecule has 0 saturated heterocycles. The molecule has 0 bridgehead atoms. The summed E-state index contributed by atoms with van der Waals surface area (Å²) in [5, 5.41) is 9.04. The van der Waals surface area contributed by atoms with Crippen molar-refractivity contribution >= 4 is 16.9 Å². The van der Waals surface area contributed by atoms with Gasteiger partial charge in [-0.25, -0.2) is 10.5 Å². The smallest absolute Gasteiger partial charge is 0.260 e. The quantitative estimate of drug-likeness (QED) is 0.561. The minimum absolute atomic E-state index is 0.0451. The van der Waals surface area contributed by atoms with Crippen molar-refractivity contribution in [2.75, 3.05) is 5.48 Å². The number of nitrogens with one attached hydrogen (secondary N) is 2. The molecule has 0 radical (unpaired) electrons. The van der Waals surface area contributed by atoms with E-state index in [0.29, 0.717) is 10.9 Å². The van der Waals surface area contributed by atoms with Crippen LogP contribution < -0.4 is 11.0 Å². The first-order valence-electron chi connectivity index (χ1n) is 3.70. The van der Waals surface area contributed by atoms with Gasteiger partial charge in [0.2, 0.25) is 5.95 Å². The number of anilines is 1. The van der Waals surface area contributed by atoms with E-state index >= 15 is 0 Å². The monoisotopic (exact) mass is 177 g/mol. The standard InChI is InChI=1S/C8H7N3O2/c12-7-5-3-1-2-4-6(5)9-8(10-7)11-13/h1-4,13H,(H2,9,10,11,12). The summed E-state index contributed by atoms with van der Waals surface area (Å²) in [5.74, 6) is 0.0451. The average molecular weight is 177 g/mol. The summed E-state index contributed by atoms with van der Waals surface area (Å²) in [5.41, 5.74) is 2.06. The van der Waals surface area contributed by atoms with Crippen LogP contribution in [0, 0.1) is 0 Å². The van der Waals surface area contributed by atoms with Crippen molar-refractivity contribution in [3.63, 3.8) is 0 Å². The fourth-order valence-corrected chi connectivity index (χ4v) is 1.14. The lowest BCUT2D eigenvalue weighted by molar-refractivity contribution is 0.382. The second-order valence-corrected chi connectivity index (χ2v) is 2.54. The van der Waals surface area contributed by atoms with Crippen LogP contribution in [0.3, 0.4) is 0 Å². The van der Waals surface area contributed by atoms with Crippen LogP contribution in [-0.2, 0) is 0 Å². The third-order valence-corrected chi connectivity index (χ3v) is 1.72. The Morgan fingerprint density at radius 1 is 1.38 bits per heavy atom. The Morgan fingerprint density at radius 2 is 2.15 bits per heavy atom. The van der Waals surface area contributed by atoms with E-state index in [2.05, 4.69) is 9.97 Å². The van der Waals surface area contributed by atoms with Crippen LogP contribution in [-0.4, -0.2) is 15.2 Å². The van der Waals surface area contributed by atoms with Crippen LogP contribution in [0.5, 0.6) is 0 Å². The fraction of sp³-hybridized carbons (Fsp3) is 0. The van der Waals surface area contributed by atoms with Gasteiger partial charge in [0.1, 0.15) is 0 Å². The Balaban J connectivity index is 2.85. The van der Waals surface area contributed by atoms with Crippen LogP contribution in [0.1, 0.15) is 0 Å². The SMILES string of the molecule is O=c1[nH]c(NO)nc2ccccc12. The van der Waals surface area contributed by atoms with Crippen LogP contribution in [0.4, 0.5) is 5.95 Å². The zero-order chi connectivity index (χ0) is 9.26. The molecule has 0 amide bonds. The Hall–Kier alpha value is -1.88. The molecule has 0 unspecified atom stereocenters. The second kappa shape index (κ2) is 2.87. The van der Waals surface area contributed by atoms with Gasteiger partial charge in [-0.1, -0.05) is 12.1 Å². The van der Waals surface area contributed by atoms with Gasteiger partial charge in [-0.3, -0.25) is 15.0 Å². The van der Waals surface area contributed by atoms with E-state index in [1.54, 1.807) is 29.7 Å². The molecule has 5 nitrogen and oxygen atoms in total. The summed E-state index contributed by atoms with van der Waals surface area (Å²) in [7, 11) is 0. The molecule has 1 aromatic carbocycles. The maximum Gasteiger partial charge on any atom is 0.260 e. The van der Waals surface area contributed by atoms with E-state index < -0.39 is 0 Å². The van der Waals surface area contributed by atoms with Gasteiger partial charge in [0.25, 0.3) is 5.56 Å². The summed E-state index contributed by atoms with van der Waals surface area (Å²) < 4.78 is 0. The zero-order valence-electron chi connectivity index (χ0n) is 6.61. The largest absolute Gasteiger partial charge is 0.290 e. The second-order valence-electron chi connectivity index (χ2n) is 2.54. The van der Waals surface area contributed by atoms with Crippen molar-refractivity contribution in [2.45, 2.75) is 0 Å². The molecule has 1 aromatic heterocycles. The van der Waals surface area contributed by atoms with E-state index in [1.165, 1.54) is 0 Å². The number of hydrogen-bond acceptors (Lipinski definition) is 4. The first kappa shape index (κ1) is 7.75. The Bertz CT molecular complexity index is 492. The number of rotatable bonds is 1. The van der Waals surface area contributed by atoms with Crippen LogP contribution >= 0.6 is 0 Å². The molecule has 0 aliphatic rings. The number of para-hydroxylation sites is 1. The molecule has 66 valence electrons. The molecule has 1 heterocycles. The van der Waals surface area contributed by atoms with Gasteiger partial charge in [0, 0.05) is 0 Å². The highest BCUT2D eigenvalue weighted by atomic mass is 16.5. The lowest BCUT2D eigenvalue weighted by Crippen LogP contribution is -2.11. The normalized spacial score (nSPS) is 10.2. The van der Waals surface area contributed by atoms with Crippen LogP contribution in [0.25, 0.3) is 10.9 Å². The van der Waals surface area contributed by atoms with Gasteiger partial charge >= 0.3 is 0 Å². The topological polar surface area (TPSA) is 78.0 Å². The van der Waals surface area contributed by atoms with Gasteiger partial charge in [-0.15, -0.1) is 0 Å². The summed E-state index contributed by atoms with van der Waals surface area (Å²) in [6.07, 6.45) is 0. The molecule has 2 aromatic rings. The van der Waals surface area contributed by atoms with Gasteiger partial charge < -0.3 is 0 Å². The van der Waals surface area contributed by atoms with Crippen molar-refractivity contribution in [2.24, 2.45) is 0 Å². The summed E-state index contributed by atoms with van der Waals surface area (Å²) in [6.45, 7) is 0. The maximum atomic E-state index is 11.3. The van der Waals surface area contributed by atoms with Gasteiger partial charge in [-0.2, -0.15) is 0 Å². The van der Waals surface area contributed by atoms with Gasteiger partial charge in [0.05, 0.1) is 10.9 Å². The molecule has 0 fully saturated rings. The average Bonchev–Trinajstić information content (AvgIpc) is 2.18. The molecule has 0 saturated carbocycles. The molecular weight excluding hydrogens is 170 g/mol. The van der Waals surface area contributed by atoms with Crippen molar-refractivity contribution in [3.05, 3.63) is 34.6 Å². The number of benzene rings is 1. The summed E-state index contributed by atoms with van der Waals surface area (Å²) in [4.78, 5) is 17.6. The van der Waals surface area contributed by atoms with Crippen LogP contribution in [0.15, 0.2) is 29.1 Å². The van der Waals surface area contributed by atoms with E-state index in [1.807, 2.05) is 0 Å².